The average molecular weight is 362 g/mol. The van der Waals surface area contributed by atoms with E-state index in [0.717, 1.165) is 0 Å². The zero-order valence-electron chi connectivity index (χ0n) is 10.7. The van der Waals surface area contributed by atoms with Gasteiger partial charge in [0.05, 0.1) is 26.4 Å². The number of aliphatic carboxylic acids is 1. The molecule has 0 atom stereocenters. The molecule has 0 spiro atoms. The van der Waals surface area contributed by atoms with E-state index in [2.05, 4.69) is 4.98 Å². The smallest absolute Gasteiger partial charge is 0.309 e. The Labute approximate surface area is 139 Å². The zero-order valence-corrected chi connectivity index (χ0v) is 13.0. The first-order valence-electron chi connectivity index (χ1n) is 5.80. The van der Waals surface area contributed by atoms with E-state index in [-0.39, 0.29) is 26.3 Å². The second-order valence-electron chi connectivity index (χ2n) is 4.24. The number of hydrogen-bond acceptors (Lipinski definition) is 4. The van der Waals surface area contributed by atoms with Gasteiger partial charge in [-0.3, -0.25) is 19.9 Å². The number of halogens is 3. The molecular weight excluding hydrogens is 355 g/mol. The highest BCUT2D eigenvalue weighted by Crippen LogP contribution is 2.40. The Hall–Kier alpha value is -1.89. The van der Waals surface area contributed by atoms with Crippen LogP contribution in [0.15, 0.2) is 24.4 Å². The van der Waals surface area contributed by atoms with E-state index >= 15 is 0 Å². The van der Waals surface area contributed by atoms with Crippen LogP contribution in [-0.4, -0.2) is 21.0 Å². The van der Waals surface area contributed by atoms with Gasteiger partial charge in [-0.2, -0.15) is 0 Å². The first-order chi connectivity index (χ1) is 10.3. The first kappa shape index (κ1) is 16.5. The highest BCUT2D eigenvalue weighted by atomic mass is 35.5. The normalized spacial score (nSPS) is 10.5. The molecule has 1 aromatic heterocycles. The second kappa shape index (κ2) is 6.48. The van der Waals surface area contributed by atoms with Crippen LogP contribution >= 0.6 is 34.8 Å². The van der Waals surface area contributed by atoms with Crippen LogP contribution in [0, 0.1) is 10.1 Å². The van der Waals surface area contributed by atoms with Crippen molar-refractivity contribution in [1.82, 2.24) is 4.98 Å². The number of nitro groups is 1. The maximum Gasteiger partial charge on any atom is 0.309 e. The van der Waals surface area contributed by atoms with E-state index in [0.29, 0.717) is 5.56 Å². The topological polar surface area (TPSA) is 93.3 Å². The fraction of sp³-hybridized carbons (Fsp3) is 0.0769. The number of carboxylic acid groups (broad SMARTS) is 1. The molecule has 0 radical (unpaired) electrons. The highest BCUT2D eigenvalue weighted by molar-refractivity contribution is 6.46. The molecule has 0 saturated heterocycles. The molecule has 1 N–H and O–H groups in total. The summed E-state index contributed by atoms with van der Waals surface area (Å²) in [4.78, 5) is 25.0. The molecule has 22 heavy (non-hydrogen) atoms. The summed E-state index contributed by atoms with van der Waals surface area (Å²) < 4.78 is 0. The molecule has 0 unspecified atom stereocenters. The maximum atomic E-state index is 11.1. The minimum absolute atomic E-state index is 0.135. The number of hydrogen-bond donors (Lipinski definition) is 1. The molecular formula is C13H7Cl3N2O4. The standard InChI is InChI=1S/C13H7Cl3N2O4/c14-7-1-2-8(15)13(16)12(7)6-3-10(18(21)22)9(17-5-6)4-11(19)20/h1-3,5H,4H2,(H,19,20). The Balaban J connectivity index is 2.64. The van der Waals surface area contributed by atoms with Gasteiger partial charge >= 0.3 is 5.97 Å². The van der Waals surface area contributed by atoms with Crippen LogP contribution in [0.25, 0.3) is 11.1 Å². The minimum atomic E-state index is -1.22. The van der Waals surface area contributed by atoms with Gasteiger partial charge in [0.1, 0.15) is 5.69 Å². The van der Waals surface area contributed by atoms with E-state index in [1.54, 1.807) is 0 Å². The Bertz CT molecular complexity index is 780. The van der Waals surface area contributed by atoms with Gasteiger partial charge in [0.25, 0.3) is 5.69 Å². The molecule has 0 fully saturated rings. The molecule has 0 aliphatic heterocycles. The SMILES string of the molecule is O=C(O)Cc1ncc(-c2c(Cl)ccc(Cl)c2Cl)cc1[N+](=O)[O-]. The number of carboxylic acids is 1. The molecule has 114 valence electrons. The van der Waals surface area contributed by atoms with Gasteiger partial charge in [0.15, 0.2) is 0 Å². The minimum Gasteiger partial charge on any atom is -0.481 e. The number of carbonyl (C=O) groups is 1. The molecule has 0 aliphatic rings. The van der Waals surface area contributed by atoms with Crippen molar-refractivity contribution in [2.75, 3.05) is 0 Å². The molecule has 2 rings (SSSR count). The fourth-order valence-electron chi connectivity index (χ4n) is 1.85. The molecule has 0 amide bonds. The summed E-state index contributed by atoms with van der Waals surface area (Å²) in [6.45, 7) is 0. The number of rotatable bonds is 4. The van der Waals surface area contributed by atoms with Crippen LogP contribution in [0.1, 0.15) is 5.69 Å². The molecule has 9 heteroatoms. The quantitative estimate of drug-likeness (QED) is 0.499. The Kier molecular flexibility index (Phi) is 4.85. The number of benzene rings is 1. The fourth-order valence-corrected chi connectivity index (χ4v) is 2.59. The van der Waals surface area contributed by atoms with Crippen molar-refractivity contribution in [1.29, 1.82) is 0 Å². The number of aromatic nitrogens is 1. The van der Waals surface area contributed by atoms with E-state index in [1.807, 2.05) is 0 Å². The number of pyridine rings is 1. The zero-order chi connectivity index (χ0) is 16.4. The Morgan fingerprint density at radius 2 is 1.91 bits per heavy atom. The van der Waals surface area contributed by atoms with Gasteiger partial charge in [-0.15, -0.1) is 0 Å². The summed E-state index contributed by atoms with van der Waals surface area (Å²) in [5.41, 5.74) is -0.00539. The van der Waals surface area contributed by atoms with Crippen LogP contribution in [0.4, 0.5) is 5.69 Å². The first-order valence-corrected chi connectivity index (χ1v) is 6.93. The highest BCUT2D eigenvalue weighted by Gasteiger charge is 2.21. The van der Waals surface area contributed by atoms with Crippen molar-refractivity contribution in [2.24, 2.45) is 0 Å². The summed E-state index contributed by atoms with van der Waals surface area (Å²) in [5, 5.41) is 20.5. The largest absolute Gasteiger partial charge is 0.481 e. The van der Waals surface area contributed by atoms with Crippen molar-refractivity contribution in [2.45, 2.75) is 6.42 Å². The predicted molar refractivity (Wildman–Crippen MR) is 82.7 cm³/mol. The Morgan fingerprint density at radius 3 is 2.50 bits per heavy atom. The molecule has 1 heterocycles. The lowest BCUT2D eigenvalue weighted by molar-refractivity contribution is -0.385. The summed E-state index contributed by atoms with van der Waals surface area (Å²) in [7, 11) is 0. The van der Waals surface area contributed by atoms with Gasteiger partial charge in [0, 0.05) is 23.4 Å². The third-order valence-electron chi connectivity index (χ3n) is 2.80. The van der Waals surface area contributed by atoms with E-state index < -0.39 is 23.0 Å². The average Bonchev–Trinajstić information content (AvgIpc) is 2.44. The molecule has 0 saturated carbocycles. The lowest BCUT2D eigenvalue weighted by Gasteiger charge is -2.09. The van der Waals surface area contributed by atoms with Crippen molar-refractivity contribution in [3.05, 3.63) is 55.3 Å². The molecule has 1 aromatic carbocycles. The molecule has 2 aromatic rings. The monoisotopic (exact) mass is 360 g/mol. The summed E-state index contributed by atoms with van der Waals surface area (Å²) >= 11 is 18.1. The van der Waals surface area contributed by atoms with Crippen molar-refractivity contribution in [3.63, 3.8) is 0 Å². The van der Waals surface area contributed by atoms with E-state index in [1.165, 1.54) is 24.4 Å². The molecule has 0 aliphatic carbocycles. The van der Waals surface area contributed by atoms with Crippen LogP contribution < -0.4 is 0 Å². The van der Waals surface area contributed by atoms with Crippen molar-refractivity contribution < 1.29 is 14.8 Å². The summed E-state index contributed by atoms with van der Waals surface area (Å²) in [6, 6.07) is 4.17. The van der Waals surface area contributed by atoms with Gasteiger partial charge in [-0.1, -0.05) is 34.8 Å². The van der Waals surface area contributed by atoms with E-state index in [9.17, 15) is 14.9 Å². The second-order valence-corrected chi connectivity index (χ2v) is 5.43. The van der Waals surface area contributed by atoms with E-state index in [4.69, 9.17) is 39.9 Å². The van der Waals surface area contributed by atoms with Crippen molar-refractivity contribution >= 4 is 46.5 Å². The number of nitrogens with zero attached hydrogens (tertiary/aromatic N) is 2. The van der Waals surface area contributed by atoms with Gasteiger partial charge < -0.3 is 5.11 Å². The maximum absolute atomic E-state index is 11.1. The molecule has 6 nitrogen and oxygen atoms in total. The van der Waals surface area contributed by atoms with Crippen LogP contribution in [0.2, 0.25) is 15.1 Å². The third-order valence-corrected chi connectivity index (χ3v) is 3.91. The van der Waals surface area contributed by atoms with Crippen LogP contribution in [0.3, 0.4) is 0 Å². The van der Waals surface area contributed by atoms with Gasteiger partial charge in [-0.05, 0) is 12.1 Å². The Morgan fingerprint density at radius 1 is 1.27 bits per heavy atom. The summed E-state index contributed by atoms with van der Waals surface area (Å²) in [5.74, 6) is -1.22. The lowest BCUT2D eigenvalue weighted by Crippen LogP contribution is -2.06. The van der Waals surface area contributed by atoms with Gasteiger partial charge in [0.2, 0.25) is 0 Å². The van der Waals surface area contributed by atoms with Crippen molar-refractivity contribution in [3.8, 4) is 11.1 Å². The van der Waals surface area contributed by atoms with Gasteiger partial charge in [-0.25, -0.2) is 0 Å². The summed E-state index contributed by atoms with van der Waals surface area (Å²) in [6.07, 6.45) is 0.711. The third kappa shape index (κ3) is 3.30. The lowest BCUT2D eigenvalue weighted by atomic mass is 10.1. The van der Waals surface area contributed by atoms with Crippen LogP contribution in [0.5, 0.6) is 0 Å². The predicted octanol–water partition coefficient (Wildman–Crippen LogP) is 4.24. The van der Waals surface area contributed by atoms with Crippen LogP contribution in [-0.2, 0) is 11.2 Å². The molecule has 0 bridgehead atoms.